The van der Waals surface area contributed by atoms with Gasteiger partial charge < -0.3 is 10.2 Å². The van der Waals surface area contributed by atoms with Crippen molar-refractivity contribution in [1.29, 1.82) is 0 Å². The molecule has 2 fully saturated rings. The highest BCUT2D eigenvalue weighted by Gasteiger charge is 2.53. The number of hydrogen-bond acceptors (Lipinski definition) is 1. The summed E-state index contributed by atoms with van der Waals surface area (Å²) in [5.41, 5.74) is -2.59. The van der Waals surface area contributed by atoms with E-state index in [1.54, 1.807) is 0 Å². The molecule has 9 heteroatoms. The number of nitrogens with zero attached hydrogens (tertiary/aromatic N) is 1. The van der Waals surface area contributed by atoms with Crippen molar-refractivity contribution < 1.29 is 31.1 Å². The van der Waals surface area contributed by atoms with Gasteiger partial charge in [0, 0.05) is 12.2 Å². The minimum Gasteiger partial charge on any atom is -0.317 e. The molecule has 30 heavy (non-hydrogen) atoms. The van der Waals surface area contributed by atoms with Crippen LogP contribution in [0.2, 0.25) is 0 Å². The number of carbonyl (C=O) groups is 1. The summed E-state index contributed by atoms with van der Waals surface area (Å²) in [7, 11) is 0. The molecule has 1 heterocycles. The summed E-state index contributed by atoms with van der Waals surface area (Å²) < 4.78 is 78.5. The van der Waals surface area contributed by atoms with Crippen molar-refractivity contribution in [2.24, 2.45) is 5.41 Å². The third kappa shape index (κ3) is 4.11. The molecule has 1 aliphatic carbocycles. The first-order chi connectivity index (χ1) is 14.0. The van der Waals surface area contributed by atoms with Crippen molar-refractivity contribution in [1.82, 2.24) is 4.90 Å². The summed E-state index contributed by atoms with van der Waals surface area (Å²) in [6, 6.07) is 9.30. The fraction of sp³-hybridized carbons (Fsp3) is 0.381. The monoisotopic (exact) mass is 428 g/mol. The topological polar surface area (TPSA) is 32.3 Å². The standard InChI is InChI=1S/C21H18F6N2O/c22-20(23,24)14-8-15(21(25,26)27)10-16(9-14)28-18(30)29-12-19(6-7-19)11-17(29)13-4-2-1-3-5-13/h1-5,8-10,17H,6-7,11-12H2,(H,28,30)/t17-/m0/s1. The van der Waals surface area contributed by atoms with Gasteiger partial charge in [-0.3, -0.25) is 0 Å². The molecule has 3 nitrogen and oxygen atoms in total. The lowest BCUT2D eigenvalue weighted by Crippen LogP contribution is -2.35. The van der Waals surface area contributed by atoms with Gasteiger partial charge in [0.05, 0.1) is 17.2 Å². The van der Waals surface area contributed by atoms with Crippen LogP contribution < -0.4 is 5.32 Å². The highest BCUT2D eigenvalue weighted by atomic mass is 19.4. The molecule has 1 N–H and O–H groups in total. The number of anilines is 1. The molecule has 0 bridgehead atoms. The van der Waals surface area contributed by atoms with E-state index in [0.717, 1.165) is 24.8 Å². The number of urea groups is 1. The average molecular weight is 428 g/mol. The molecule has 0 unspecified atom stereocenters. The maximum atomic E-state index is 13.1. The molecule has 160 valence electrons. The summed E-state index contributed by atoms with van der Waals surface area (Å²) in [5.74, 6) is 0. The first-order valence-corrected chi connectivity index (χ1v) is 9.39. The Morgan fingerprint density at radius 2 is 1.50 bits per heavy atom. The van der Waals surface area contributed by atoms with Crippen LogP contribution in [0.5, 0.6) is 0 Å². The Morgan fingerprint density at radius 1 is 0.933 bits per heavy atom. The molecule has 1 saturated heterocycles. The second kappa shape index (κ2) is 6.92. The minimum absolute atomic E-state index is 0.0111. The predicted octanol–water partition coefficient (Wildman–Crippen LogP) is 6.48. The molecule has 2 aromatic rings. The average Bonchev–Trinajstić information content (AvgIpc) is 3.31. The first kappa shape index (κ1) is 20.6. The van der Waals surface area contributed by atoms with Gasteiger partial charge in [0.1, 0.15) is 0 Å². The molecule has 1 saturated carbocycles. The van der Waals surface area contributed by atoms with Crippen LogP contribution in [-0.4, -0.2) is 17.5 Å². The van der Waals surface area contributed by atoms with Crippen LogP contribution in [0.3, 0.4) is 0 Å². The Bertz CT molecular complexity index is 918. The fourth-order valence-corrected chi connectivity index (χ4v) is 4.00. The Morgan fingerprint density at radius 3 is 2.00 bits per heavy atom. The van der Waals surface area contributed by atoms with E-state index in [9.17, 15) is 31.1 Å². The number of rotatable bonds is 2. The largest absolute Gasteiger partial charge is 0.416 e. The van der Waals surface area contributed by atoms with Gasteiger partial charge in [-0.1, -0.05) is 30.3 Å². The van der Waals surface area contributed by atoms with Crippen LogP contribution in [0.4, 0.5) is 36.8 Å². The number of amides is 2. The zero-order valence-corrected chi connectivity index (χ0v) is 15.6. The Kier molecular flexibility index (Phi) is 4.74. The van der Waals surface area contributed by atoms with E-state index in [-0.39, 0.29) is 17.5 Å². The van der Waals surface area contributed by atoms with Crippen LogP contribution >= 0.6 is 0 Å². The normalized spacial score (nSPS) is 20.5. The number of nitrogens with one attached hydrogen (secondary N) is 1. The maximum Gasteiger partial charge on any atom is 0.416 e. The SMILES string of the molecule is O=C(Nc1cc(C(F)(F)F)cc(C(F)(F)F)c1)N1CC2(CC2)C[C@H]1c1ccccc1. The van der Waals surface area contributed by atoms with Crippen molar-refractivity contribution in [3.05, 3.63) is 65.2 Å². The lowest BCUT2D eigenvalue weighted by atomic mass is 9.98. The molecule has 1 atom stereocenters. The van der Waals surface area contributed by atoms with Gasteiger partial charge in [0.25, 0.3) is 0 Å². The zero-order chi connectivity index (χ0) is 21.7. The fourth-order valence-electron chi connectivity index (χ4n) is 4.00. The molecular weight excluding hydrogens is 410 g/mol. The second-order valence-corrected chi connectivity index (χ2v) is 7.98. The Labute approximate surface area is 168 Å². The van der Waals surface area contributed by atoms with Crippen LogP contribution in [-0.2, 0) is 12.4 Å². The van der Waals surface area contributed by atoms with E-state index in [2.05, 4.69) is 5.32 Å². The van der Waals surface area contributed by atoms with E-state index in [1.807, 2.05) is 30.3 Å². The number of halogens is 6. The molecule has 0 radical (unpaired) electrons. The first-order valence-electron chi connectivity index (χ1n) is 9.39. The van der Waals surface area contributed by atoms with E-state index in [4.69, 9.17) is 0 Å². The van der Waals surface area contributed by atoms with Crippen LogP contribution in [0, 0.1) is 5.41 Å². The molecule has 4 rings (SSSR count). The third-order valence-electron chi connectivity index (χ3n) is 5.75. The Hall–Kier alpha value is -2.71. The summed E-state index contributed by atoms with van der Waals surface area (Å²) in [4.78, 5) is 14.4. The smallest absolute Gasteiger partial charge is 0.317 e. The van der Waals surface area contributed by atoms with Gasteiger partial charge in [-0.05, 0) is 48.4 Å². The minimum atomic E-state index is -4.97. The predicted molar refractivity (Wildman–Crippen MR) is 97.6 cm³/mol. The maximum absolute atomic E-state index is 13.1. The summed E-state index contributed by atoms with van der Waals surface area (Å²) in [5, 5.41) is 2.26. The van der Waals surface area contributed by atoms with Gasteiger partial charge >= 0.3 is 18.4 Å². The second-order valence-electron chi connectivity index (χ2n) is 7.98. The number of likely N-dealkylation sites (tertiary alicyclic amines) is 1. The molecule has 0 aromatic heterocycles. The Balaban J connectivity index is 1.63. The number of carbonyl (C=O) groups excluding carboxylic acids is 1. The van der Waals surface area contributed by atoms with E-state index in [1.165, 1.54) is 4.90 Å². The van der Waals surface area contributed by atoms with Gasteiger partial charge in [-0.2, -0.15) is 26.3 Å². The summed E-state index contributed by atoms with van der Waals surface area (Å²) in [6.45, 7) is 0.420. The summed E-state index contributed by atoms with van der Waals surface area (Å²) >= 11 is 0. The van der Waals surface area contributed by atoms with Gasteiger partial charge in [-0.25, -0.2) is 4.79 Å². The van der Waals surface area contributed by atoms with Crippen molar-refractivity contribution in [3.63, 3.8) is 0 Å². The van der Waals surface area contributed by atoms with Crippen molar-refractivity contribution in [2.75, 3.05) is 11.9 Å². The highest BCUT2D eigenvalue weighted by molar-refractivity contribution is 5.90. The molecule has 1 spiro atoms. The van der Waals surface area contributed by atoms with Crippen LogP contribution in [0.1, 0.15) is 42.0 Å². The van der Waals surface area contributed by atoms with Crippen LogP contribution in [0.15, 0.2) is 48.5 Å². The third-order valence-corrected chi connectivity index (χ3v) is 5.75. The quantitative estimate of drug-likeness (QED) is 0.546. The van der Waals surface area contributed by atoms with Crippen molar-refractivity contribution in [3.8, 4) is 0 Å². The molecule has 2 aromatic carbocycles. The molecule has 2 amide bonds. The molecule has 2 aliphatic rings. The van der Waals surface area contributed by atoms with E-state index >= 15 is 0 Å². The van der Waals surface area contributed by atoms with E-state index in [0.29, 0.717) is 18.7 Å². The van der Waals surface area contributed by atoms with E-state index < -0.39 is 35.2 Å². The van der Waals surface area contributed by atoms with Crippen molar-refractivity contribution in [2.45, 2.75) is 37.7 Å². The molecule has 1 aliphatic heterocycles. The number of alkyl halides is 6. The van der Waals surface area contributed by atoms with Gasteiger partial charge in [0.2, 0.25) is 0 Å². The number of benzene rings is 2. The number of hydrogen-bond donors (Lipinski definition) is 1. The lowest BCUT2D eigenvalue weighted by molar-refractivity contribution is -0.143. The summed E-state index contributed by atoms with van der Waals surface area (Å²) in [6.07, 6.45) is -7.33. The lowest BCUT2D eigenvalue weighted by Gasteiger charge is -2.26. The van der Waals surface area contributed by atoms with Crippen LogP contribution in [0.25, 0.3) is 0 Å². The molecular formula is C21H18F6N2O. The van der Waals surface area contributed by atoms with Crippen molar-refractivity contribution >= 4 is 11.7 Å². The van der Waals surface area contributed by atoms with Gasteiger partial charge in [0.15, 0.2) is 0 Å². The highest BCUT2D eigenvalue weighted by Crippen LogP contribution is 2.58. The van der Waals surface area contributed by atoms with Gasteiger partial charge in [-0.15, -0.1) is 0 Å². The zero-order valence-electron chi connectivity index (χ0n) is 15.6.